The van der Waals surface area contributed by atoms with Crippen LogP contribution in [0.1, 0.15) is 24.9 Å². The fourth-order valence-electron chi connectivity index (χ4n) is 3.19. The van der Waals surface area contributed by atoms with E-state index in [-0.39, 0.29) is 24.5 Å². The number of rotatable bonds is 10. The first kappa shape index (κ1) is 20.6. The summed E-state index contributed by atoms with van der Waals surface area (Å²) >= 11 is 0. The quantitative estimate of drug-likeness (QED) is 0.509. The summed E-state index contributed by atoms with van der Waals surface area (Å²) < 4.78 is 4.91. The molecule has 27 heavy (non-hydrogen) atoms. The van der Waals surface area contributed by atoms with E-state index in [9.17, 15) is 9.59 Å². The van der Waals surface area contributed by atoms with Gasteiger partial charge in [0.2, 0.25) is 5.91 Å². The summed E-state index contributed by atoms with van der Waals surface area (Å²) in [5.41, 5.74) is 2.06. The van der Waals surface area contributed by atoms with Crippen molar-refractivity contribution in [2.75, 3.05) is 26.2 Å². The molecule has 0 aromatic heterocycles. The molecule has 1 unspecified atom stereocenters. The molecule has 1 saturated heterocycles. The number of hydrogen-bond acceptors (Lipinski definition) is 4. The predicted octanol–water partition coefficient (Wildman–Crippen LogP) is 3.03. The van der Waals surface area contributed by atoms with Gasteiger partial charge in [-0.25, -0.2) is 0 Å². The number of amides is 1. The van der Waals surface area contributed by atoms with E-state index in [2.05, 4.69) is 16.8 Å². The summed E-state index contributed by atoms with van der Waals surface area (Å²) in [5, 5.41) is 3.04. The minimum absolute atomic E-state index is 0.00145. The predicted molar refractivity (Wildman–Crippen MR) is 107 cm³/mol. The monoisotopic (exact) mass is 368 g/mol. The second kappa shape index (κ2) is 11.1. The Morgan fingerprint density at radius 1 is 1.41 bits per heavy atom. The average Bonchev–Trinajstić information content (AvgIpc) is 3.17. The van der Waals surface area contributed by atoms with Gasteiger partial charge >= 0.3 is 0 Å². The average molecular weight is 368 g/mol. The lowest BCUT2D eigenvalue weighted by molar-refractivity contribution is -0.132. The number of nitrogens with one attached hydrogen (secondary N) is 1. The molecule has 1 aliphatic rings. The van der Waals surface area contributed by atoms with Gasteiger partial charge < -0.3 is 10.1 Å². The second-order valence-corrected chi connectivity index (χ2v) is 6.59. The SMILES string of the molecule is C=C/C(=C\C=C/C)CN1CCC(C(=O)N[C@H](COC=O)c2ccccc2)C1. The van der Waals surface area contributed by atoms with Gasteiger partial charge in [-0.15, -0.1) is 0 Å². The van der Waals surface area contributed by atoms with Gasteiger partial charge in [0, 0.05) is 13.1 Å². The summed E-state index contributed by atoms with van der Waals surface area (Å²) in [4.78, 5) is 25.6. The molecule has 0 saturated carbocycles. The van der Waals surface area contributed by atoms with Crippen LogP contribution < -0.4 is 5.32 Å². The molecule has 2 rings (SSSR count). The molecule has 0 radical (unpaired) electrons. The maximum absolute atomic E-state index is 12.7. The van der Waals surface area contributed by atoms with Gasteiger partial charge in [-0.2, -0.15) is 0 Å². The van der Waals surface area contributed by atoms with Crippen molar-refractivity contribution in [1.29, 1.82) is 0 Å². The van der Waals surface area contributed by atoms with E-state index in [4.69, 9.17) is 4.74 Å². The third-order valence-electron chi connectivity index (χ3n) is 4.66. The van der Waals surface area contributed by atoms with E-state index in [1.807, 2.05) is 61.6 Å². The highest BCUT2D eigenvalue weighted by Crippen LogP contribution is 2.20. The number of carbonyl (C=O) groups excluding carboxylic acids is 2. The molecule has 1 N–H and O–H groups in total. The van der Waals surface area contributed by atoms with Crippen molar-refractivity contribution in [2.24, 2.45) is 5.92 Å². The van der Waals surface area contributed by atoms with Gasteiger partial charge in [0.15, 0.2) is 0 Å². The Balaban J connectivity index is 1.94. The Hall–Kier alpha value is -2.66. The smallest absolute Gasteiger partial charge is 0.293 e. The summed E-state index contributed by atoms with van der Waals surface area (Å²) in [7, 11) is 0. The third-order valence-corrected chi connectivity index (χ3v) is 4.66. The lowest BCUT2D eigenvalue weighted by Gasteiger charge is -2.21. The second-order valence-electron chi connectivity index (χ2n) is 6.59. The van der Waals surface area contributed by atoms with Crippen LogP contribution in [-0.4, -0.2) is 43.5 Å². The third kappa shape index (κ3) is 6.53. The molecule has 1 heterocycles. The highest BCUT2D eigenvalue weighted by Gasteiger charge is 2.30. The first-order valence-electron chi connectivity index (χ1n) is 9.25. The number of benzene rings is 1. The van der Waals surface area contributed by atoms with Crippen LogP contribution in [0.2, 0.25) is 0 Å². The fraction of sp³-hybridized carbons (Fsp3) is 0.364. The fourth-order valence-corrected chi connectivity index (χ4v) is 3.19. The van der Waals surface area contributed by atoms with Crippen molar-refractivity contribution in [3.8, 4) is 0 Å². The molecule has 144 valence electrons. The van der Waals surface area contributed by atoms with Crippen LogP contribution in [0.25, 0.3) is 0 Å². The van der Waals surface area contributed by atoms with Crippen molar-refractivity contribution in [2.45, 2.75) is 19.4 Å². The summed E-state index contributed by atoms with van der Waals surface area (Å²) in [5.74, 6) is -0.0707. The van der Waals surface area contributed by atoms with Crippen molar-refractivity contribution in [3.63, 3.8) is 0 Å². The topological polar surface area (TPSA) is 58.6 Å². The number of nitrogens with zero attached hydrogens (tertiary/aromatic N) is 1. The molecule has 0 aliphatic carbocycles. The Kier molecular flexibility index (Phi) is 8.52. The summed E-state index contributed by atoms with van der Waals surface area (Å²) in [6, 6.07) is 9.22. The van der Waals surface area contributed by atoms with E-state index in [1.54, 1.807) is 0 Å². The van der Waals surface area contributed by atoms with Crippen molar-refractivity contribution >= 4 is 12.4 Å². The van der Waals surface area contributed by atoms with Gasteiger partial charge in [-0.3, -0.25) is 14.5 Å². The highest BCUT2D eigenvalue weighted by atomic mass is 16.5. The van der Waals surface area contributed by atoms with Crippen LogP contribution in [0.4, 0.5) is 0 Å². The van der Waals surface area contributed by atoms with Gasteiger partial charge in [0.25, 0.3) is 6.47 Å². The molecule has 1 aromatic carbocycles. The van der Waals surface area contributed by atoms with Gasteiger partial charge in [0.1, 0.15) is 6.61 Å². The largest absolute Gasteiger partial charge is 0.465 e. The molecule has 1 fully saturated rings. The molecule has 1 aromatic rings. The molecule has 2 atom stereocenters. The normalized spacial score (nSPS) is 19.0. The summed E-state index contributed by atoms with van der Waals surface area (Å²) in [6.07, 6.45) is 8.69. The molecule has 0 spiro atoms. The molecular weight excluding hydrogens is 340 g/mol. The highest BCUT2D eigenvalue weighted by molar-refractivity contribution is 5.79. The van der Waals surface area contributed by atoms with Crippen molar-refractivity contribution in [3.05, 3.63) is 72.4 Å². The molecule has 5 nitrogen and oxygen atoms in total. The minimum Gasteiger partial charge on any atom is -0.465 e. The lowest BCUT2D eigenvalue weighted by atomic mass is 10.0. The van der Waals surface area contributed by atoms with E-state index in [1.165, 1.54) is 0 Å². The van der Waals surface area contributed by atoms with E-state index in [0.29, 0.717) is 13.0 Å². The minimum atomic E-state index is -0.337. The van der Waals surface area contributed by atoms with E-state index < -0.39 is 0 Å². The van der Waals surface area contributed by atoms with Crippen LogP contribution >= 0.6 is 0 Å². The standard InChI is InChI=1S/C22H28N2O3/c1-3-5-9-18(4-2)14-24-13-12-20(15-24)22(26)23-21(16-27-17-25)19-10-7-6-8-11-19/h3-11,17,20-21H,2,12-16H2,1H3,(H,23,26)/b5-3-,18-9+/t20?,21-/m1/s1. The maximum Gasteiger partial charge on any atom is 0.293 e. The first-order valence-corrected chi connectivity index (χ1v) is 9.25. The van der Waals surface area contributed by atoms with Crippen molar-refractivity contribution < 1.29 is 14.3 Å². The Morgan fingerprint density at radius 3 is 2.85 bits per heavy atom. The zero-order chi connectivity index (χ0) is 19.5. The zero-order valence-electron chi connectivity index (χ0n) is 15.8. The van der Waals surface area contributed by atoms with Crippen molar-refractivity contribution in [1.82, 2.24) is 10.2 Å². The van der Waals surface area contributed by atoms with Gasteiger partial charge in [-0.1, -0.05) is 61.2 Å². The molecule has 5 heteroatoms. The Labute approximate surface area is 161 Å². The van der Waals surface area contributed by atoms with Gasteiger partial charge in [0.05, 0.1) is 12.0 Å². The molecule has 1 aliphatic heterocycles. The molecular formula is C22H28N2O3. The number of ether oxygens (including phenoxy) is 1. The number of allylic oxidation sites excluding steroid dienone is 3. The van der Waals surface area contributed by atoms with E-state index >= 15 is 0 Å². The van der Waals surface area contributed by atoms with Gasteiger partial charge in [-0.05, 0) is 31.0 Å². The van der Waals surface area contributed by atoms with Crippen LogP contribution in [0.5, 0.6) is 0 Å². The maximum atomic E-state index is 12.7. The van der Waals surface area contributed by atoms with Crippen LogP contribution in [-0.2, 0) is 14.3 Å². The lowest BCUT2D eigenvalue weighted by Crippen LogP contribution is -2.37. The summed E-state index contributed by atoms with van der Waals surface area (Å²) in [6.45, 7) is 8.75. The molecule has 0 bridgehead atoms. The zero-order valence-corrected chi connectivity index (χ0v) is 15.8. The van der Waals surface area contributed by atoms with Crippen LogP contribution in [0.3, 0.4) is 0 Å². The number of hydrogen-bond donors (Lipinski definition) is 1. The van der Waals surface area contributed by atoms with Crippen LogP contribution in [0.15, 0.2) is 66.8 Å². The Bertz CT molecular complexity index is 682. The van der Waals surface area contributed by atoms with Crippen LogP contribution in [0, 0.1) is 5.92 Å². The first-order chi connectivity index (χ1) is 13.2. The van der Waals surface area contributed by atoms with E-state index in [0.717, 1.165) is 30.6 Å². The molecule has 1 amide bonds. The number of carbonyl (C=O) groups is 2. The Morgan fingerprint density at radius 2 is 2.19 bits per heavy atom. The number of likely N-dealkylation sites (tertiary alicyclic amines) is 1.